The second-order valence-electron chi connectivity index (χ2n) is 3.34. The number of ketones is 1. The molecule has 0 bridgehead atoms. The quantitative estimate of drug-likeness (QED) is 0.615. The zero-order chi connectivity index (χ0) is 11.5. The minimum Gasteiger partial charge on any atom is -0.378 e. The molecule has 16 heavy (non-hydrogen) atoms. The van der Waals surface area contributed by atoms with Crippen molar-refractivity contribution >= 4 is 39.0 Å². The number of carbonyl (C=O) groups is 2. The Bertz CT molecular complexity index is 412. The van der Waals surface area contributed by atoms with Crippen LogP contribution in [0.4, 0.5) is 0 Å². The Kier molecular flexibility index (Phi) is 3.73. The van der Waals surface area contributed by atoms with Crippen molar-refractivity contribution in [1.29, 1.82) is 0 Å². The maximum Gasteiger partial charge on any atom is 0.295 e. The lowest BCUT2D eigenvalue weighted by molar-refractivity contribution is -0.130. The van der Waals surface area contributed by atoms with Crippen LogP contribution in [-0.2, 0) is 9.53 Å². The van der Waals surface area contributed by atoms with Gasteiger partial charge >= 0.3 is 0 Å². The Labute approximate surface area is 105 Å². The van der Waals surface area contributed by atoms with E-state index in [1.54, 1.807) is 17.0 Å². The number of nitrogens with zero attached hydrogens (tertiary/aromatic N) is 1. The van der Waals surface area contributed by atoms with Crippen LogP contribution in [0.15, 0.2) is 15.9 Å². The first-order valence-corrected chi connectivity index (χ1v) is 6.46. The highest BCUT2D eigenvalue weighted by Gasteiger charge is 2.25. The Balaban J connectivity index is 2.06. The molecular formula is C10H10BrNO3S. The monoisotopic (exact) mass is 303 g/mol. The van der Waals surface area contributed by atoms with Crippen molar-refractivity contribution in [2.45, 2.75) is 0 Å². The van der Waals surface area contributed by atoms with E-state index in [1.807, 2.05) is 0 Å². The standard InChI is InChI=1S/C10H10BrNO3S/c11-8-2-1-7(16-8)9(13)10(14)12-3-5-15-6-4-12/h1-2H,3-6H2. The molecule has 1 saturated heterocycles. The summed E-state index contributed by atoms with van der Waals surface area (Å²) in [5.41, 5.74) is 0. The third kappa shape index (κ3) is 2.50. The predicted octanol–water partition coefficient (Wildman–Crippen LogP) is 1.55. The molecular weight excluding hydrogens is 294 g/mol. The SMILES string of the molecule is O=C(C(=O)N1CCOCC1)c1ccc(Br)s1. The molecule has 0 aromatic carbocycles. The first-order valence-electron chi connectivity index (χ1n) is 4.85. The highest BCUT2D eigenvalue weighted by Crippen LogP contribution is 2.22. The summed E-state index contributed by atoms with van der Waals surface area (Å²) in [6.45, 7) is 2.01. The maximum atomic E-state index is 11.8. The van der Waals surface area contributed by atoms with Crippen LogP contribution >= 0.6 is 27.3 Å². The van der Waals surface area contributed by atoms with Crippen molar-refractivity contribution in [2.24, 2.45) is 0 Å². The molecule has 2 heterocycles. The first kappa shape index (κ1) is 11.8. The number of amides is 1. The van der Waals surface area contributed by atoms with Gasteiger partial charge in [-0.3, -0.25) is 9.59 Å². The lowest BCUT2D eigenvalue weighted by atomic mass is 10.2. The summed E-state index contributed by atoms with van der Waals surface area (Å²) in [5.74, 6) is -0.866. The van der Waals surface area contributed by atoms with E-state index in [9.17, 15) is 9.59 Å². The average molecular weight is 304 g/mol. The van der Waals surface area contributed by atoms with Crippen LogP contribution in [0.3, 0.4) is 0 Å². The Morgan fingerprint density at radius 3 is 2.56 bits per heavy atom. The molecule has 1 aromatic rings. The molecule has 0 spiro atoms. The van der Waals surface area contributed by atoms with Gasteiger partial charge in [-0.25, -0.2) is 0 Å². The summed E-state index contributed by atoms with van der Waals surface area (Å²) in [4.78, 5) is 25.7. The summed E-state index contributed by atoms with van der Waals surface area (Å²) in [5, 5.41) is 0. The zero-order valence-corrected chi connectivity index (χ0v) is 10.8. The van der Waals surface area contributed by atoms with Gasteiger partial charge in [-0.15, -0.1) is 11.3 Å². The number of thiophene rings is 1. The van der Waals surface area contributed by atoms with E-state index in [1.165, 1.54) is 11.3 Å². The van der Waals surface area contributed by atoms with Crippen LogP contribution in [0, 0.1) is 0 Å². The van der Waals surface area contributed by atoms with E-state index in [4.69, 9.17) is 4.74 Å². The minimum absolute atomic E-state index is 0.433. The highest BCUT2D eigenvalue weighted by atomic mass is 79.9. The van der Waals surface area contributed by atoms with Crippen molar-refractivity contribution in [3.8, 4) is 0 Å². The molecule has 2 rings (SSSR count). The van der Waals surface area contributed by atoms with Crippen LogP contribution in [0.1, 0.15) is 9.67 Å². The second kappa shape index (κ2) is 5.07. The van der Waals surface area contributed by atoms with Gasteiger partial charge in [0.15, 0.2) is 0 Å². The Hall–Kier alpha value is -0.720. The minimum atomic E-state index is -0.433. The van der Waals surface area contributed by atoms with Gasteiger partial charge in [0.25, 0.3) is 11.7 Å². The second-order valence-corrected chi connectivity index (χ2v) is 5.80. The van der Waals surface area contributed by atoms with Crippen molar-refractivity contribution in [3.05, 3.63) is 20.8 Å². The molecule has 0 aliphatic carbocycles. The van der Waals surface area contributed by atoms with Gasteiger partial charge in [-0.1, -0.05) is 0 Å². The third-order valence-corrected chi connectivity index (χ3v) is 3.91. The Morgan fingerprint density at radius 1 is 1.31 bits per heavy atom. The molecule has 86 valence electrons. The van der Waals surface area contributed by atoms with Gasteiger partial charge in [0, 0.05) is 13.1 Å². The van der Waals surface area contributed by atoms with Crippen molar-refractivity contribution < 1.29 is 14.3 Å². The van der Waals surface area contributed by atoms with Crippen LogP contribution < -0.4 is 0 Å². The first-order chi connectivity index (χ1) is 7.68. The van der Waals surface area contributed by atoms with Crippen LogP contribution in [0.25, 0.3) is 0 Å². The number of halogens is 1. The lowest BCUT2D eigenvalue weighted by Crippen LogP contribution is -2.43. The molecule has 1 aromatic heterocycles. The number of hydrogen-bond acceptors (Lipinski definition) is 4. The van der Waals surface area contributed by atoms with E-state index >= 15 is 0 Å². The fourth-order valence-corrected chi connectivity index (χ4v) is 2.77. The molecule has 1 aliphatic rings. The average Bonchev–Trinajstić information content (AvgIpc) is 2.75. The number of Topliss-reactive ketones (excluding diaryl/α,β-unsaturated/α-hetero) is 1. The molecule has 0 atom stereocenters. The van der Waals surface area contributed by atoms with E-state index in [2.05, 4.69) is 15.9 Å². The molecule has 0 saturated carbocycles. The molecule has 0 N–H and O–H groups in total. The number of rotatable bonds is 2. The number of carbonyl (C=O) groups excluding carboxylic acids is 2. The Morgan fingerprint density at radius 2 is 2.00 bits per heavy atom. The van der Waals surface area contributed by atoms with E-state index in [0.717, 1.165) is 3.79 Å². The van der Waals surface area contributed by atoms with Gasteiger partial charge in [0.1, 0.15) is 0 Å². The van der Waals surface area contributed by atoms with Crippen LogP contribution in [0.2, 0.25) is 0 Å². The number of ether oxygens (including phenoxy) is 1. The molecule has 6 heteroatoms. The zero-order valence-electron chi connectivity index (χ0n) is 8.44. The lowest BCUT2D eigenvalue weighted by Gasteiger charge is -2.25. The van der Waals surface area contributed by atoms with E-state index < -0.39 is 11.7 Å². The maximum absolute atomic E-state index is 11.8. The van der Waals surface area contributed by atoms with Gasteiger partial charge in [-0.2, -0.15) is 0 Å². The van der Waals surface area contributed by atoms with Gasteiger partial charge in [0.05, 0.1) is 21.9 Å². The van der Waals surface area contributed by atoms with Gasteiger partial charge in [0.2, 0.25) is 0 Å². The summed E-state index contributed by atoms with van der Waals surface area (Å²) in [6, 6.07) is 3.43. The van der Waals surface area contributed by atoms with Gasteiger partial charge < -0.3 is 9.64 Å². The van der Waals surface area contributed by atoms with Crippen molar-refractivity contribution in [1.82, 2.24) is 4.90 Å². The largest absolute Gasteiger partial charge is 0.378 e. The van der Waals surface area contributed by atoms with Crippen LogP contribution in [-0.4, -0.2) is 42.9 Å². The molecule has 0 radical (unpaired) electrons. The summed E-state index contributed by atoms with van der Waals surface area (Å²) in [6.07, 6.45) is 0. The highest BCUT2D eigenvalue weighted by molar-refractivity contribution is 9.11. The van der Waals surface area contributed by atoms with Crippen LogP contribution in [0.5, 0.6) is 0 Å². The topological polar surface area (TPSA) is 46.6 Å². The normalized spacial score (nSPS) is 16.2. The van der Waals surface area contributed by atoms with Crippen molar-refractivity contribution in [2.75, 3.05) is 26.3 Å². The van der Waals surface area contributed by atoms with Gasteiger partial charge in [-0.05, 0) is 28.1 Å². The van der Waals surface area contributed by atoms with Crippen molar-refractivity contribution in [3.63, 3.8) is 0 Å². The summed E-state index contributed by atoms with van der Waals surface area (Å²) in [7, 11) is 0. The smallest absolute Gasteiger partial charge is 0.295 e. The fourth-order valence-electron chi connectivity index (χ4n) is 1.45. The molecule has 1 amide bonds. The third-order valence-electron chi connectivity index (χ3n) is 2.29. The molecule has 1 aliphatic heterocycles. The molecule has 1 fully saturated rings. The molecule has 0 unspecified atom stereocenters. The van der Waals surface area contributed by atoms with E-state index in [0.29, 0.717) is 31.2 Å². The summed E-state index contributed by atoms with van der Waals surface area (Å²) >= 11 is 4.54. The van der Waals surface area contributed by atoms with E-state index in [-0.39, 0.29) is 0 Å². The summed E-state index contributed by atoms with van der Waals surface area (Å²) < 4.78 is 5.98. The fraction of sp³-hybridized carbons (Fsp3) is 0.400. The number of morpholine rings is 1. The molecule has 4 nitrogen and oxygen atoms in total. The predicted molar refractivity (Wildman–Crippen MR) is 63.7 cm³/mol. The number of hydrogen-bond donors (Lipinski definition) is 0.